The first-order valence-corrected chi connectivity index (χ1v) is 14.8. The van der Waals surface area contributed by atoms with Crippen molar-refractivity contribution in [2.24, 2.45) is 5.73 Å². The molecule has 0 saturated heterocycles. The van der Waals surface area contributed by atoms with Crippen molar-refractivity contribution in [1.29, 1.82) is 0 Å². The number of carbonyl (C=O) groups is 2. The number of hydrogen-bond acceptors (Lipinski definition) is 5. The molecule has 6 rings (SSSR count). The van der Waals surface area contributed by atoms with Gasteiger partial charge < -0.3 is 15.4 Å². The Morgan fingerprint density at radius 2 is 1.16 bits per heavy atom. The maximum atomic E-state index is 13.0. The lowest BCUT2D eigenvalue weighted by molar-refractivity contribution is 0.0990. The molecule has 5 aromatic rings. The Kier molecular flexibility index (Phi) is 8.22. The fourth-order valence-corrected chi connectivity index (χ4v) is 5.42. The molecule has 5 heteroatoms. The number of carbonyl (C=O) groups excluding carboxylic acids is 2. The van der Waals surface area contributed by atoms with Crippen molar-refractivity contribution in [2.75, 3.05) is 18.1 Å². The number of nitrogens with two attached hydrogens (primary N) is 1. The van der Waals surface area contributed by atoms with Crippen LogP contribution >= 0.6 is 0 Å². The third-order valence-electron chi connectivity index (χ3n) is 7.87. The molecular weight excluding hydrogens is 544 g/mol. The van der Waals surface area contributed by atoms with Crippen LogP contribution in [0.15, 0.2) is 121 Å². The number of rotatable bonds is 9. The van der Waals surface area contributed by atoms with Gasteiger partial charge in [0, 0.05) is 33.8 Å². The van der Waals surface area contributed by atoms with Crippen molar-refractivity contribution in [2.45, 2.75) is 20.3 Å². The summed E-state index contributed by atoms with van der Waals surface area (Å²) in [6, 6.07) is 38.3. The number of aryl methyl sites for hydroxylation is 2. The molecule has 0 aliphatic heterocycles. The Morgan fingerprint density at radius 3 is 1.68 bits per heavy atom. The number of Topliss-reactive ketones (excluding diaryl/α,β-unsaturated/α-hetero) is 2. The van der Waals surface area contributed by atoms with E-state index >= 15 is 0 Å². The molecule has 0 heterocycles. The quantitative estimate of drug-likeness (QED) is 0.108. The van der Waals surface area contributed by atoms with Crippen molar-refractivity contribution < 1.29 is 14.3 Å². The molecule has 0 atom stereocenters. The highest BCUT2D eigenvalue weighted by molar-refractivity contribution is 6.41. The average Bonchev–Trinajstić information content (AvgIpc) is 3.29. The summed E-state index contributed by atoms with van der Waals surface area (Å²) in [6.45, 7) is 5.11. The van der Waals surface area contributed by atoms with Gasteiger partial charge in [0.2, 0.25) is 0 Å². The molecule has 0 radical (unpaired) electrons. The first-order valence-electron chi connectivity index (χ1n) is 14.8. The van der Waals surface area contributed by atoms with E-state index in [1.165, 1.54) is 11.1 Å². The maximum absolute atomic E-state index is 13.0. The van der Waals surface area contributed by atoms with Crippen LogP contribution in [-0.4, -0.2) is 24.7 Å². The molecule has 1 aliphatic carbocycles. The monoisotopic (exact) mass is 578 g/mol. The summed E-state index contributed by atoms with van der Waals surface area (Å²) in [7, 11) is 0. The number of fused-ring (bicyclic) bond motifs is 1. The Labute approximate surface area is 258 Å². The van der Waals surface area contributed by atoms with Crippen LogP contribution in [-0.2, 0) is 0 Å². The van der Waals surface area contributed by atoms with E-state index < -0.39 is 0 Å². The summed E-state index contributed by atoms with van der Waals surface area (Å²) in [5.41, 5.74) is 15.0. The molecule has 2 N–H and O–H groups in total. The summed E-state index contributed by atoms with van der Waals surface area (Å²) in [6.07, 6.45) is 2.34. The second-order valence-corrected chi connectivity index (χ2v) is 11.1. The number of nitrogens with zero attached hydrogens (tertiary/aromatic N) is 1. The molecule has 5 nitrogen and oxygen atoms in total. The van der Waals surface area contributed by atoms with Crippen molar-refractivity contribution in [3.63, 3.8) is 0 Å². The SMILES string of the molecule is Cc1ccc(N(c2ccc(C)cc2)c2ccc(-c3ccc(C=C4C(=O)c5ccccc5C4=O)c(OCCCN)c3)cc2)cc1. The third kappa shape index (κ3) is 5.83. The maximum Gasteiger partial charge on any atom is 0.197 e. The molecule has 0 saturated carbocycles. The fraction of sp³-hybridized carbons (Fsp3) is 0.128. The van der Waals surface area contributed by atoms with Gasteiger partial charge in [-0.2, -0.15) is 0 Å². The van der Waals surface area contributed by atoms with Gasteiger partial charge in [0.1, 0.15) is 5.75 Å². The molecule has 218 valence electrons. The molecule has 44 heavy (non-hydrogen) atoms. The van der Waals surface area contributed by atoms with E-state index in [-0.39, 0.29) is 17.1 Å². The van der Waals surface area contributed by atoms with Gasteiger partial charge in [-0.05, 0) is 86.5 Å². The molecule has 0 spiro atoms. The van der Waals surface area contributed by atoms with Crippen LogP contribution in [0.4, 0.5) is 17.1 Å². The standard InChI is InChI=1S/C39H34N2O3/c1-26-8-16-31(17-9-26)41(32-18-10-27(2)11-19-32)33-20-14-28(15-21-33)29-12-13-30(37(25-29)44-23-5-22-40)24-36-38(42)34-6-3-4-7-35(34)39(36)43/h3-4,6-21,24-25H,5,22-23,40H2,1-2H3. The second-order valence-electron chi connectivity index (χ2n) is 11.1. The van der Waals surface area contributed by atoms with E-state index in [4.69, 9.17) is 10.5 Å². The minimum Gasteiger partial charge on any atom is -0.493 e. The van der Waals surface area contributed by atoms with Gasteiger partial charge in [-0.15, -0.1) is 0 Å². The van der Waals surface area contributed by atoms with E-state index in [1.807, 2.05) is 18.2 Å². The highest BCUT2D eigenvalue weighted by Gasteiger charge is 2.32. The molecule has 0 unspecified atom stereocenters. The smallest absolute Gasteiger partial charge is 0.197 e. The predicted octanol–water partition coefficient (Wildman–Crippen LogP) is 8.63. The Morgan fingerprint density at radius 1 is 0.659 bits per heavy atom. The highest BCUT2D eigenvalue weighted by atomic mass is 16.5. The lowest BCUT2D eigenvalue weighted by Gasteiger charge is -2.26. The summed E-state index contributed by atoms with van der Waals surface area (Å²) in [5, 5.41) is 0. The topological polar surface area (TPSA) is 72.6 Å². The van der Waals surface area contributed by atoms with Crippen molar-refractivity contribution in [3.05, 3.63) is 149 Å². The number of benzene rings is 5. The van der Waals surface area contributed by atoms with Gasteiger partial charge in [0.05, 0.1) is 12.2 Å². The van der Waals surface area contributed by atoms with Crippen LogP contribution in [0.3, 0.4) is 0 Å². The fourth-order valence-electron chi connectivity index (χ4n) is 5.42. The molecule has 0 bridgehead atoms. The molecular formula is C39H34N2O3. The summed E-state index contributed by atoms with van der Waals surface area (Å²) < 4.78 is 6.14. The van der Waals surface area contributed by atoms with Crippen molar-refractivity contribution >= 4 is 34.7 Å². The zero-order chi connectivity index (χ0) is 30.6. The van der Waals surface area contributed by atoms with Crippen LogP contribution in [0.5, 0.6) is 5.75 Å². The lowest BCUT2D eigenvalue weighted by atomic mass is 10.00. The van der Waals surface area contributed by atoms with Crippen LogP contribution in [0.25, 0.3) is 17.2 Å². The van der Waals surface area contributed by atoms with Gasteiger partial charge in [-0.25, -0.2) is 0 Å². The number of allylic oxidation sites excluding steroid dienone is 1. The Bertz CT molecular complexity index is 1770. The third-order valence-corrected chi connectivity index (χ3v) is 7.87. The van der Waals surface area contributed by atoms with Gasteiger partial charge >= 0.3 is 0 Å². The Hall–Kier alpha value is -5.26. The van der Waals surface area contributed by atoms with E-state index in [0.717, 1.165) is 28.2 Å². The first-order chi connectivity index (χ1) is 21.4. The van der Waals surface area contributed by atoms with E-state index in [0.29, 0.717) is 42.0 Å². The van der Waals surface area contributed by atoms with E-state index in [1.54, 1.807) is 30.3 Å². The first kappa shape index (κ1) is 28.8. The van der Waals surface area contributed by atoms with E-state index in [9.17, 15) is 9.59 Å². The predicted molar refractivity (Wildman–Crippen MR) is 178 cm³/mol. The number of hydrogen-bond donors (Lipinski definition) is 1. The summed E-state index contributed by atoms with van der Waals surface area (Å²) >= 11 is 0. The summed E-state index contributed by atoms with van der Waals surface area (Å²) in [5.74, 6) is 0.0831. The number of ketones is 2. The lowest BCUT2D eigenvalue weighted by Crippen LogP contribution is -2.09. The average molecular weight is 579 g/mol. The molecule has 5 aromatic carbocycles. The highest BCUT2D eigenvalue weighted by Crippen LogP contribution is 2.37. The zero-order valence-corrected chi connectivity index (χ0v) is 24.9. The second kappa shape index (κ2) is 12.5. The largest absolute Gasteiger partial charge is 0.493 e. The minimum atomic E-state index is -0.259. The van der Waals surface area contributed by atoms with Crippen LogP contribution in [0.1, 0.15) is 43.8 Å². The van der Waals surface area contributed by atoms with Crippen LogP contribution < -0.4 is 15.4 Å². The number of anilines is 3. The van der Waals surface area contributed by atoms with Gasteiger partial charge in [-0.1, -0.05) is 83.9 Å². The van der Waals surface area contributed by atoms with Crippen molar-refractivity contribution in [3.8, 4) is 16.9 Å². The zero-order valence-electron chi connectivity index (χ0n) is 24.9. The molecule has 1 aliphatic rings. The minimum absolute atomic E-state index is 0.152. The van der Waals surface area contributed by atoms with Crippen LogP contribution in [0.2, 0.25) is 0 Å². The molecule has 0 fully saturated rings. The van der Waals surface area contributed by atoms with Gasteiger partial charge in [-0.3, -0.25) is 9.59 Å². The molecule has 0 aromatic heterocycles. The number of ether oxygens (including phenoxy) is 1. The van der Waals surface area contributed by atoms with Gasteiger partial charge in [0.25, 0.3) is 0 Å². The Balaban J connectivity index is 1.34. The van der Waals surface area contributed by atoms with E-state index in [2.05, 4.69) is 91.5 Å². The summed E-state index contributed by atoms with van der Waals surface area (Å²) in [4.78, 5) is 28.3. The van der Waals surface area contributed by atoms with Crippen LogP contribution in [0, 0.1) is 13.8 Å². The van der Waals surface area contributed by atoms with Crippen molar-refractivity contribution in [1.82, 2.24) is 0 Å². The van der Waals surface area contributed by atoms with Gasteiger partial charge in [0.15, 0.2) is 11.6 Å². The normalized spacial score (nSPS) is 12.3. The molecule has 0 amide bonds.